The van der Waals surface area contributed by atoms with Gasteiger partial charge in [0.2, 0.25) is 0 Å². The molecule has 0 spiro atoms. The summed E-state index contributed by atoms with van der Waals surface area (Å²) < 4.78 is 0. The van der Waals surface area contributed by atoms with Crippen molar-refractivity contribution in [2.75, 3.05) is 19.6 Å². The summed E-state index contributed by atoms with van der Waals surface area (Å²) in [4.78, 5) is 2.53. The second kappa shape index (κ2) is 18.7. The third-order valence-electron chi connectivity index (χ3n) is 4.63. The van der Waals surface area contributed by atoms with E-state index in [4.69, 9.17) is 0 Å². The van der Waals surface area contributed by atoms with Gasteiger partial charge in [0, 0.05) is 0 Å². The highest BCUT2D eigenvalue weighted by molar-refractivity contribution is 4.81. The van der Waals surface area contributed by atoms with Crippen LogP contribution < -0.4 is 0 Å². The maximum atomic E-state index is 2.53. The fourth-order valence-electron chi connectivity index (χ4n) is 2.95. The number of hydrogen-bond donors (Lipinski definition) is 0. The lowest BCUT2D eigenvalue weighted by molar-refractivity contribution is 0.295. The van der Waals surface area contributed by atoms with Crippen LogP contribution in [0.15, 0.2) is 12.2 Å². The van der Waals surface area contributed by atoms with Crippen LogP contribution in [0.3, 0.4) is 0 Å². The highest BCUT2D eigenvalue weighted by Gasteiger charge is 1.97. The zero-order valence-electron chi connectivity index (χ0n) is 15.9. The second-order valence-electron chi connectivity index (χ2n) is 6.61. The zero-order valence-corrected chi connectivity index (χ0v) is 15.9. The molecule has 0 aliphatic heterocycles. The monoisotopic (exact) mass is 309 g/mol. The highest BCUT2D eigenvalue weighted by atomic mass is 15.1. The molecule has 0 amide bonds. The van der Waals surface area contributed by atoms with Crippen molar-refractivity contribution in [3.8, 4) is 0 Å². The minimum atomic E-state index is 1.21. The lowest BCUT2D eigenvalue weighted by Gasteiger charge is -2.17. The van der Waals surface area contributed by atoms with E-state index in [-0.39, 0.29) is 0 Å². The summed E-state index contributed by atoms with van der Waals surface area (Å²) in [6.07, 6.45) is 22.9. The minimum Gasteiger partial charge on any atom is -0.304 e. The Kier molecular flexibility index (Phi) is 18.5. The van der Waals surface area contributed by atoms with Gasteiger partial charge in [-0.1, -0.05) is 84.3 Å². The molecule has 0 saturated carbocycles. The first-order valence-corrected chi connectivity index (χ1v) is 10.2. The molecule has 0 radical (unpaired) electrons. The summed E-state index contributed by atoms with van der Waals surface area (Å²) in [7, 11) is 0. The molecule has 0 unspecified atom stereocenters. The molecule has 0 aromatic carbocycles. The predicted octanol–water partition coefficient (Wildman–Crippen LogP) is 6.98. The van der Waals surface area contributed by atoms with Gasteiger partial charge < -0.3 is 4.90 Å². The number of nitrogens with zero attached hydrogens (tertiary/aromatic N) is 1. The Bertz CT molecular complexity index is 218. The highest BCUT2D eigenvalue weighted by Crippen LogP contribution is 2.09. The molecular weight excluding hydrogens is 266 g/mol. The smallest absolute Gasteiger partial charge is 0.00190 e. The molecule has 0 fully saturated rings. The topological polar surface area (TPSA) is 3.24 Å². The van der Waals surface area contributed by atoms with Gasteiger partial charge in [0.25, 0.3) is 0 Å². The first-order valence-electron chi connectivity index (χ1n) is 10.2. The molecule has 132 valence electrons. The molecular formula is C21H43N. The van der Waals surface area contributed by atoms with Crippen molar-refractivity contribution < 1.29 is 0 Å². The first kappa shape index (κ1) is 21.7. The standard InChI is InChI=1S/C21H43N/c1-4-7-8-9-10-11-12-13-14-15-16-17-18-19-20-21-22(5-2)6-3/h12-13H,4-11,14-21H2,1-3H3/b13-12+. The third-order valence-corrected chi connectivity index (χ3v) is 4.63. The van der Waals surface area contributed by atoms with E-state index in [1.54, 1.807) is 0 Å². The molecule has 22 heavy (non-hydrogen) atoms. The lowest BCUT2D eigenvalue weighted by Crippen LogP contribution is -2.23. The number of hydrogen-bond acceptors (Lipinski definition) is 1. The van der Waals surface area contributed by atoms with Crippen molar-refractivity contribution in [2.45, 2.75) is 104 Å². The summed E-state index contributed by atoms with van der Waals surface area (Å²) >= 11 is 0. The maximum absolute atomic E-state index is 2.53. The average Bonchev–Trinajstić information content (AvgIpc) is 2.55. The Balaban J connectivity index is 3.13. The molecule has 0 bridgehead atoms. The average molecular weight is 310 g/mol. The lowest BCUT2D eigenvalue weighted by atomic mass is 10.1. The molecule has 0 aromatic heterocycles. The number of unbranched alkanes of at least 4 members (excludes halogenated alkanes) is 11. The van der Waals surface area contributed by atoms with Crippen molar-refractivity contribution in [3.63, 3.8) is 0 Å². The quantitative estimate of drug-likeness (QED) is 0.207. The zero-order chi connectivity index (χ0) is 16.3. The van der Waals surface area contributed by atoms with E-state index in [0.29, 0.717) is 0 Å². The van der Waals surface area contributed by atoms with Crippen molar-refractivity contribution in [2.24, 2.45) is 0 Å². The van der Waals surface area contributed by atoms with Gasteiger partial charge in [-0.3, -0.25) is 0 Å². The summed E-state index contributed by atoms with van der Waals surface area (Å²) in [6.45, 7) is 10.5. The van der Waals surface area contributed by atoms with Crippen molar-refractivity contribution in [3.05, 3.63) is 12.2 Å². The van der Waals surface area contributed by atoms with Gasteiger partial charge in [0.1, 0.15) is 0 Å². The largest absolute Gasteiger partial charge is 0.304 e. The Morgan fingerprint density at radius 3 is 1.50 bits per heavy atom. The van der Waals surface area contributed by atoms with Crippen LogP contribution in [0.1, 0.15) is 104 Å². The summed E-state index contributed by atoms with van der Waals surface area (Å²) in [5, 5.41) is 0. The maximum Gasteiger partial charge on any atom is -0.00190 e. The van der Waals surface area contributed by atoms with Gasteiger partial charge in [0.15, 0.2) is 0 Å². The van der Waals surface area contributed by atoms with Gasteiger partial charge in [-0.05, 0) is 51.7 Å². The van der Waals surface area contributed by atoms with Crippen molar-refractivity contribution >= 4 is 0 Å². The SMILES string of the molecule is CCCCCCC/C=C/CCCCCCCCN(CC)CC. The summed E-state index contributed by atoms with van der Waals surface area (Å²) in [5.41, 5.74) is 0. The second-order valence-corrected chi connectivity index (χ2v) is 6.61. The van der Waals surface area contributed by atoms with Crippen LogP contribution >= 0.6 is 0 Å². The Labute approximate surface area is 141 Å². The van der Waals surface area contributed by atoms with Crippen LogP contribution in [-0.2, 0) is 0 Å². The van der Waals surface area contributed by atoms with Gasteiger partial charge >= 0.3 is 0 Å². The fourth-order valence-corrected chi connectivity index (χ4v) is 2.95. The fraction of sp³-hybridized carbons (Fsp3) is 0.905. The summed E-state index contributed by atoms with van der Waals surface area (Å²) in [5.74, 6) is 0. The molecule has 0 saturated heterocycles. The molecule has 0 heterocycles. The van der Waals surface area contributed by atoms with Crippen LogP contribution in [0.2, 0.25) is 0 Å². The van der Waals surface area contributed by atoms with E-state index in [9.17, 15) is 0 Å². The number of rotatable bonds is 17. The predicted molar refractivity (Wildman–Crippen MR) is 103 cm³/mol. The Morgan fingerprint density at radius 2 is 1.00 bits per heavy atom. The van der Waals surface area contributed by atoms with E-state index >= 15 is 0 Å². The van der Waals surface area contributed by atoms with Gasteiger partial charge in [-0.15, -0.1) is 0 Å². The molecule has 0 rings (SSSR count). The van der Waals surface area contributed by atoms with Crippen LogP contribution in [-0.4, -0.2) is 24.5 Å². The van der Waals surface area contributed by atoms with Crippen LogP contribution in [0.4, 0.5) is 0 Å². The molecule has 0 aromatic rings. The van der Waals surface area contributed by atoms with E-state index in [0.717, 1.165) is 0 Å². The molecule has 0 aliphatic carbocycles. The molecule has 1 heteroatoms. The third kappa shape index (κ3) is 16.1. The van der Waals surface area contributed by atoms with Gasteiger partial charge in [0.05, 0.1) is 0 Å². The van der Waals surface area contributed by atoms with Crippen molar-refractivity contribution in [1.82, 2.24) is 4.90 Å². The molecule has 0 atom stereocenters. The van der Waals surface area contributed by atoms with Crippen LogP contribution in [0.25, 0.3) is 0 Å². The molecule has 0 N–H and O–H groups in total. The van der Waals surface area contributed by atoms with E-state index in [1.807, 2.05) is 0 Å². The van der Waals surface area contributed by atoms with Gasteiger partial charge in [-0.25, -0.2) is 0 Å². The van der Waals surface area contributed by atoms with Crippen molar-refractivity contribution in [1.29, 1.82) is 0 Å². The van der Waals surface area contributed by atoms with E-state index in [1.165, 1.54) is 103 Å². The number of allylic oxidation sites excluding steroid dienone is 2. The molecule has 1 nitrogen and oxygen atoms in total. The Morgan fingerprint density at radius 1 is 0.545 bits per heavy atom. The Hall–Kier alpha value is -0.300. The molecule has 0 aliphatic rings. The van der Waals surface area contributed by atoms with Crippen LogP contribution in [0, 0.1) is 0 Å². The van der Waals surface area contributed by atoms with E-state index < -0.39 is 0 Å². The summed E-state index contributed by atoms with van der Waals surface area (Å²) in [6, 6.07) is 0. The van der Waals surface area contributed by atoms with Gasteiger partial charge in [-0.2, -0.15) is 0 Å². The van der Waals surface area contributed by atoms with E-state index in [2.05, 4.69) is 37.8 Å². The van der Waals surface area contributed by atoms with Crippen LogP contribution in [0.5, 0.6) is 0 Å². The minimum absolute atomic E-state index is 1.21. The normalized spacial score (nSPS) is 11.8. The first-order chi connectivity index (χ1) is 10.8.